The first kappa shape index (κ1) is 11.5. The van der Waals surface area contributed by atoms with Crippen molar-refractivity contribution in [3.8, 4) is 0 Å². The minimum atomic E-state index is -1.42. The van der Waals surface area contributed by atoms with E-state index in [9.17, 15) is 0 Å². The molecule has 0 aromatic rings. The van der Waals surface area contributed by atoms with E-state index >= 15 is 0 Å². The number of hydrogen-bond donors (Lipinski definition) is 0. The van der Waals surface area contributed by atoms with Crippen LogP contribution in [-0.2, 0) is 0 Å². The predicted octanol–water partition coefficient (Wildman–Crippen LogP) is 4.30. The van der Waals surface area contributed by atoms with Crippen LogP contribution in [-0.4, -0.2) is 13.3 Å². The van der Waals surface area contributed by atoms with Crippen LogP contribution in [0.25, 0.3) is 0 Å². The van der Waals surface area contributed by atoms with Gasteiger partial charge in [-0.05, 0) is 0 Å². The Morgan fingerprint density at radius 1 is 0.818 bits per heavy atom. The van der Waals surface area contributed by atoms with Crippen LogP contribution in [0.2, 0.25) is 20.0 Å². The molecule has 0 fully saturated rings. The van der Waals surface area contributed by atoms with Crippen LogP contribution < -0.4 is 0 Å². The topological polar surface area (TPSA) is 0 Å². The standard InChI is InChI=1S/C10H24Ge/c1-7-11(8-2,9(3)4)10(5)6/h9-10H,7-8H2,1-6H3. The van der Waals surface area contributed by atoms with Crippen molar-refractivity contribution in [3.63, 3.8) is 0 Å². The van der Waals surface area contributed by atoms with Crippen molar-refractivity contribution in [3.05, 3.63) is 0 Å². The monoisotopic (exact) mass is 218 g/mol. The van der Waals surface area contributed by atoms with Crippen LogP contribution >= 0.6 is 0 Å². The molecule has 0 rings (SSSR count). The van der Waals surface area contributed by atoms with Gasteiger partial charge in [0.05, 0.1) is 0 Å². The van der Waals surface area contributed by atoms with Crippen LogP contribution in [0.3, 0.4) is 0 Å². The second-order valence-electron chi connectivity index (χ2n) is 4.25. The summed E-state index contributed by atoms with van der Waals surface area (Å²) in [5, 5.41) is 3.01. The Kier molecular flexibility index (Phi) is 4.76. The third-order valence-corrected chi connectivity index (χ3v) is 18.8. The van der Waals surface area contributed by atoms with Crippen molar-refractivity contribution in [1.82, 2.24) is 0 Å². The Labute approximate surface area is 75.1 Å². The van der Waals surface area contributed by atoms with Crippen LogP contribution in [0, 0.1) is 0 Å². The summed E-state index contributed by atoms with van der Waals surface area (Å²) in [7, 11) is 0. The van der Waals surface area contributed by atoms with Gasteiger partial charge in [0.1, 0.15) is 0 Å². The summed E-state index contributed by atoms with van der Waals surface area (Å²) in [4.78, 5) is 0. The zero-order chi connectivity index (χ0) is 9.07. The van der Waals surface area contributed by atoms with E-state index in [0.29, 0.717) is 0 Å². The van der Waals surface area contributed by atoms with Crippen LogP contribution in [0.1, 0.15) is 41.5 Å². The van der Waals surface area contributed by atoms with Gasteiger partial charge in [-0.25, -0.2) is 0 Å². The molecule has 1 heteroatoms. The molecule has 0 nitrogen and oxygen atoms in total. The van der Waals surface area contributed by atoms with Crippen molar-refractivity contribution in [2.45, 2.75) is 61.5 Å². The normalized spacial score (nSPS) is 13.1. The Balaban J connectivity index is 4.46. The minimum absolute atomic E-state index is 1.00. The molecular formula is C10H24Ge. The summed E-state index contributed by atoms with van der Waals surface area (Å²) in [6.07, 6.45) is 0. The average Bonchev–Trinajstić information content (AvgIpc) is 1.90. The fraction of sp³-hybridized carbons (Fsp3) is 1.00. The molecule has 0 aliphatic heterocycles. The van der Waals surface area contributed by atoms with Gasteiger partial charge in [0.2, 0.25) is 0 Å². The molecule has 0 unspecified atom stereocenters. The third-order valence-electron chi connectivity index (χ3n) is 3.62. The van der Waals surface area contributed by atoms with Crippen LogP contribution in [0.15, 0.2) is 0 Å². The van der Waals surface area contributed by atoms with E-state index in [2.05, 4.69) is 41.5 Å². The molecule has 0 saturated heterocycles. The molecule has 0 heterocycles. The number of rotatable bonds is 4. The molecule has 0 N–H and O–H groups in total. The van der Waals surface area contributed by atoms with Gasteiger partial charge >= 0.3 is 74.8 Å². The van der Waals surface area contributed by atoms with Crippen molar-refractivity contribution in [1.29, 1.82) is 0 Å². The quantitative estimate of drug-likeness (QED) is 0.615. The summed E-state index contributed by atoms with van der Waals surface area (Å²) in [6.45, 7) is 14.6. The summed E-state index contributed by atoms with van der Waals surface area (Å²) in [6, 6.07) is 0. The Hall–Kier alpha value is 0.543. The van der Waals surface area contributed by atoms with Crippen molar-refractivity contribution in [2.24, 2.45) is 0 Å². The molecule has 0 atom stereocenters. The zero-order valence-corrected chi connectivity index (χ0v) is 11.2. The molecule has 0 radical (unpaired) electrons. The van der Waals surface area contributed by atoms with E-state index in [1.165, 1.54) is 10.5 Å². The van der Waals surface area contributed by atoms with Gasteiger partial charge in [-0.3, -0.25) is 0 Å². The van der Waals surface area contributed by atoms with Gasteiger partial charge in [-0.2, -0.15) is 0 Å². The predicted molar refractivity (Wildman–Crippen MR) is 56.9 cm³/mol. The average molecular weight is 217 g/mol. The molecule has 68 valence electrons. The second-order valence-corrected chi connectivity index (χ2v) is 17.2. The summed E-state index contributed by atoms with van der Waals surface area (Å²) < 4.78 is 2.01. The van der Waals surface area contributed by atoms with Gasteiger partial charge in [0.25, 0.3) is 0 Å². The first-order chi connectivity index (χ1) is 5.01. The van der Waals surface area contributed by atoms with Gasteiger partial charge in [-0.1, -0.05) is 0 Å². The molecule has 0 bridgehead atoms. The van der Waals surface area contributed by atoms with E-state index in [0.717, 1.165) is 9.50 Å². The molecule has 0 saturated carbocycles. The van der Waals surface area contributed by atoms with E-state index in [4.69, 9.17) is 0 Å². The first-order valence-corrected chi connectivity index (χ1v) is 10.4. The fourth-order valence-electron chi connectivity index (χ4n) is 2.55. The SMILES string of the molecule is C[CH2][Ge]([CH2]C)([CH](C)C)[CH](C)C. The summed E-state index contributed by atoms with van der Waals surface area (Å²) >= 11 is -1.42. The molecule has 11 heavy (non-hydrogen) atoms. The van der Waals surface area contributed by atoms with Gasteiger partial charge < -0.3 is 0 Å². The van der Waals surface area contributed by atoms with Gasteiger partial charge in [0.15, 0.2) is 0 Å². The molecular weight excluding hydrogens is 193 g/mol. The van der Waals surface area contributed by atoms with Crippen molar-refractivity contribution in [2.75, 3.05) is 0 Å². The Bertz CT molecular complexity index is 91.4. The molecule has 0 aliphatic carbocycles. The molecule has 0 aromatic heterocycles. The van der Waals surface area contributed by atoms with Crippen molar-refractivity contribution < 1.29 is 0 Å². The zero-order valence-electron chi connectivity index (χ0n) is 9.07. The molecule has 0 spiro atoms. The second kappa shape index (κ2) is 4.54. The fourth-order valence-corrected chi connectivity index (χ4v) is 13.2. The van der Waals surface area contributed by atoms with Gasteiger partial charge in [-0.15, -0.1) is 0 Å². The maximum absolute atomic E-state index is 2.44. The summed E-state index contributed by atoms with van der Waals surface area (Å²) in [5.41, 5.74) is 0. The van der Waals surface area contributed by atoms with E-state index in [-0.39, 0.29) is 0 Å². The van der Waals surface area contributed by atoms with Crippen molar-refractivity contribution >= 4 is 13.3 Å². The summed E-state index contributed by atoms with van der Waals surface area (Å²) in [5.74, 6) is 0. The van der Waals surface area contributed by atoms with E-state index in [1.54, 1.807) is 0 Å². The number of hydrogen-bond acceptors (Lipinski definition) is 0. The Morgan fingerprint density at radius 3 is 1.09 bits per heavy atom. The maximum atomic E-state index is 2.44. The Morgan fingerprint density at radius 2 is 1.09 bits per heavy atom. The van der Waals surface area contributed by atoms with E-state index in [1.807, 2.05) is 0 Å². The van der Waals surface area contributed by atoms with E-state index < -0.39 is 13.3 Å². The first-order valence-electron chi connectivity index (χ1n) is 5.01. The van der Waals surface area contributed by atoms with Crippen LogP contribution in [0.4, 0.5) is 0 Å². The van der Waals surface area contributed by atoms with Gasteiger partial charge in [0, 0.05) is 0 Å². The molecule has 0 amide bonds. The third kappa shape index (κ3) is 2.24. The van der Waals surface area contributed by atoms with Crippen LogP contribution in [0.5, 0.6) is 0 Å². The molecule has 0 aliphatic rings. The molecule has 0 aromatic carbocycles.